The Balaban J connectivity index is 1.56. The molecule has 0 spiro atoms. The van der Waals surface area contributed by atoms with E-state index in [-0.39, 0.29) is 28.8 Å². The highest BCUT2D eigenvalue weighted by atomic mass is 35.5. The van der Waals surface area contributed by atoms with Gasteiger partial charge in [0.15, 0.2) is 11.4 Å². The van der Waals surface area contributed by atoms with Gasteiger partial charge in [-0.25, -0.2) is 4.79 Å². The monoisotopic (exact) mass is 541 g/mol. The van der Waals surface area contributed by atoms with Crippen LogP contribution in [0.3, 0.4) is 0 Å². The minimum atomic E-state index is -1.43. The second-order valence-corrected chi connectivity index (χ2v) is 9.29. The van der Waals surface area contributed by atoms with Crippen LogP contribution in [0.1, 0.15) is 18.9 Å². The maximum atomic E-state index is 11.3. The Hall–Kier alpha value is -4.82. The van der Waals surface area contributed by atoms with Crippen LogP contribution in [0.25, 0.3) is 27.7 Å². The number of aromatic hydroxyl groups is 2. The van der Waals surface area contributed by atoms with Crippen LogP contribution >= 0.6 is 11.6 Å². The molecular formula is C30H24ClN3O5. The van der Waals surface area contributed by atoms with E-state index in [1.165, 1.54) is 17.7 Å². The minimum Gasteiger partial charge on any atom is -0.505 e. The molecule has 0 saturated heterocycles. The van der Waals surface area contributed by atoms with Crippen molar-refractivity contribution in [3.8, 4) is 34.2 Å². The van der Waals surface area contributed by atoms with Crippen molar-refractivity contribution < 1.29 is 24.9 Å². The second-order valence-electron chi connectivity index (χ2n) is 8.85. The van der Waals surface area contributed by atoms with E-state index in [9.17, 15) is 15.0 Å². The summed E-state index contributed by atoms with van der Waals surface area (Å²) in [5.41, 5.74) is 3.93. The number of fused-ring (bicyclic) bond motifs is 1. The number of benzene rings is 4. The number of para-hydroxylation sites is 1. The number of rotatable bonds is 7. The number of halogens is 1. The molecule has 8 nitrogen and oxygen atoms in total. The van der Waals surface area contributed by atoms with Crippen molar-refractivity contribution in [2.45, 2.75) is 19.8 Å². The first-order valence-electron chi connectivity index (χ1n) is 12.2. The van der Waals surface area contributed by atoms with Gasteiger partial charge < -0.3 is 20.1 Å². The molecule has 0 amide bonds. The summed E-state index contributed by atoms with van der Waals surface area (Å²) in [6.07, 6.45) is 0.562. The third-order valence-corrected chi connectivity index (χ3v) is 6.47. The van der Waals surface area contributed by atoms with Crippen molar-refractivity contribution in [3.63, 3.8) is 0 Å². The van der Waals surface area contributed by atoms with Gasteiger partial charge in [0.1, 0.15) is 11.4 Å². The van der Waals surface area contributed by atoms with E-state index in [1.54, 1.807) is 53.1 Å². The van der Waals surface area contributed by atoms with Gasteiger partial charge in [0.2, 0.25) is 5.88 Å². The highest BCUT2D eigenvalue weighted by Crippen LogP contribution is 2.44. The normalized spacial score (nSPS) is 11.3. The number of aryl methyl sites for hydroxylation is 1. The molecule has 1 aromatic heterocycles. The van der Waals surface area contributed by atoms with Gasteiger partial charge >= 0.3 is 6.16 Å². The number of aromatic nitrogens is 1. The highest BCUT2D eigenvalue weighted by Gasteiger charge is 2.19. The van der Waals surface area contributed by atoms with Crippen LogP contribution in [0.5, 0.6) is 17.4 Å². The van der Waals surface area contributed by atoms with Crippen LogP contribution in [-0.2, 0) is 6.42 Å². The number of phenols is 1. The van der Waals surface area contributed by atoms with Crippen LogP contribution in [0, 0.1) is 0 Å². The molecule has 0 fully saturated rings. The summed E-state index contributed by atoms with van der Waals surface area (Å²) in [4.78, 5) is 10.9. The average molecular weight is 542 g/mol. The smallest absolute Gasteiger partial charge is 0.505 e. The number of ether oxygens (including phenoxy) is 1. The SMILES string of the molecule is CCCc1ccc(-n2c(O)c(N=Nc3cccc(-c4cccc(OC(=O)O)c4)c3O)c3ccc(Cl)cc32)cc1. The largest absolute Gasteiger partial charge is 0.511 e. The zero-order chi connectivity index (χ0) is 27.5. The van der Waals surface area contributed by atoms with E-state index in [0.29, 0.717) is 27.1 Å². The maximum Gasteiger partial charge on any atom is 0.511 e. The van der Waals surface area contributed by atoms with E-state index < -0.39 is 6.16 Å². The number of nitrogens with zero attached hydrogens (tertiary/aromatic N) is 3. The molecule has 5 rings (SSSR count). The molecule has 196 valence electrons. The van der Waals surface area contributed by atoms with Gasteiger partial charge in [0.05, 0.1) is 5.52 Å². The lowest BCUT2D eigenvalue weighted by atomic mass is 10.0. The van der Waals surface area contributed by atoms with Crippen LogP contribution in [0.15, 0.2) is 95.2 Å². The molecule has 3 N–H and O–H groups in total. The van der Waals surface area contributed by atoms with E-state index in [1.807, 2.05) is 24.3 Å². The highest BCUT2D eigenvalue weighted by molar-refractivity contribution is 6.31. The number of carbonyl (C=O) groups is 1. The molecule has 0 unspecified atom stereocenters. The summed E-state index contributed by atoms with van der Waals surface area (Å²) in [5.74, 6) is -0.162. The first-order valence-corrected chi connectivity index (χ1v) is 12.6. The molecule has 0 saturated carbocycles. The lowest BCUT2D eigenvalue weighted by Crippen LogP contribution is -2.02. The number of carboxylic acid groups (broad SMARTS) is 1. The Labute approximate surface area is 229 Å². The van der Waals surface area contributed by atoms with E-state index in [0.717, 1.165) is 18.5 Å². The fourth-order valence-electron chi connectivity index (χ4n) is 4.47. The van der Waals surface area contributed by atoms with Gasteiger partial charge in [-0.2, -0.15) is 0 Å². The van der Waals surface area contributed by atoms with Gasteiger partial charge in [-0.1, -0.05) is 61.3 Å². The Morgan fingerprint density at radius 2 is 1.72 bits per heavy atom. The molecular weight excluding hydrogens is 518 g/mol. The van der Waals surface area contributed by atoms with E-state index in [2.05, 4.69) is 17.2 Å². The van der Waals surface area contributed by atoms with Gasteiger partial charge in [0.25, 0.3) is 0 Å². The lowest BCUT2D eigenvalue weighted by molar-refractivity contribution is 0.144. The molecule has 5 aromatic rings. The topological polar surface area (TPSA) is 117 Å². The fraction of sp³-hybridized carbons (Fsp3) is 0.100. The molecule has 9 heteroatoms. The molecule has 4 aromatic carbocycles. The van der Waals surface area contributed by atoms with Crippen molar-refractivity contribution in [1.82, 2.24) is 4.57 Å². The van der Waals surface area contributed by atoms with Crippen LogP contribution in [-0.4, -0.2) is 26.0 Å². The summed E-state index contributed by atoms with van der Waals surface area (Å²) in [7, 11) is 0. The molecule has 0 bridgehead atoms. The quantitative estimate of drug-likeness (QED) is 0.108. The number of hydrogen-bond donors (Lipinski definition) is 3. The van der Waals surface area contributed by atoms with Crippen molar-refractivity contribution in [1.29, 1.82) is 0 Å². The Morgan fingerprint density at radius 3 is 2.46 bits per heavy atom. The Bertz CT molecular complexity index is 1710. The third-order valence-electron chi connectivity index (χ3n) is 6.24. The van der Waals surface area contributed by atoms with Crippen molar-refractivity contribution in [2.24, 2.45) is 10.2 Å². The second kappa shape index (κ2) is 10.9. The van der Waals surface area contributed by atoms with Crippen LogP contribution < -0.4 is 4.74 Å². The van der Waals surface area contributed by atoms with Gasteiger partial charge in [-0.3, -0.25) is 4.57 Å². The summed E-state index contributed by atoms with van der Waals surface area (Å²) < 4.78 is 6.39. The average Bonchev–Trinajstić information content (AvgIpc) is 3.18. The van der Waals surface area contributed by atoms with Crippen molar-refractivity contribution in [2.75, 3.05) is 0 Å². The third kappa shape index (κ3) is 5.28. The zero-order valence-corrected chi connectivity index (χ0v) is 21.6. The van der Waals surface area contributed by atoms with Gasteiger partial charge in [-0.15, -0.1) is 10.2 Å². The summed E-state index contributed by atoms with van der Waals surface area (Å²) in [6.45, 7) is 2.12. The molecule has 0 aliphatic heterocycles. The maximum absolute atomic E-state index is 11.3. The van der Waals surface area contributed by atoms with Crippen molar-refractivity contribution in [3.05, 3.63) is 95.5 Å². The fourth-order valence-corrected chi connectivity index (χ4v) is 4.63. The lowest BCUT2D eigenvalue weighted by Gasteiger charge is -2.09. The summed E-state index contributed by atoms with van der Waals surface area (Å²) in [5, 5.41) is 40.8. The zero-order valence-electron chi connectivity index (χ0n) is 20.9. The Kier molecular flexibility index (Phi) is 7.21. The number of phenolic OH excluding ortho intramolecular Hbond substituents is 1. The molecule has 39 heavy (non-hydrogen) atoms. The van der Waals surface area contributed by atoms with E-state index in [4.69, 9.17) is 21.4 Å². The minimum absolute atomic E-state index is 0.116. The summed E-state index contributed by atoms with van der Waals surface area (Å²) in [6, 6.07) is 24.4. The standard InChI is InChI=1S/C30H24ClN3O5/c1-2-5-18-10-13-21(14-11-18)34-26-17-20(31)12-15-24(26)27(29(34)36)33-32-25-9-4-8-23(28(25)35)19-6-3-7-22(16-19)39-30(37)38/h3-4,6-17,35-36H,2,5H2,1H3,(H,37,38). The molecule has 0 atom stereocenters. The van der Waals surface area contributed by atoms with Crippen molar-refractivity contribution >= 4 is 40.0 Å². The number of hydrogen-bond acceptors (Lipinski definition) is 6. The first-order chi connectivity index (χ1) is 18.9. The molecule has 0 aliphatic rings. The molecule has 1 heterocycles. The van der Waals surface area contributed by atoms with Gasteiger partial charge in [-0.05, 0) is 66.1 Å². The van der Waals surface area contributed by atoms with E-state index >= 15 is 0 Å². The molecule has 0 aliphatic carbocycles. The Morgan fingerprint density at radius 1 is 0.949 bits per heavy atom. The van der Waals surface area contributed by atoms with Crippen LogP contribution in [0.2, 0.25) is 5.02 Å². The predicted octanol–water partition coefficient (Wildman–Crippen LogP) is 8.79. The van der Waals surface area contributed by atoms with Crippen LogP contribution in [0.4, 0.5) is 16.2 Å². The number of azo groups is 1. The first kappa shape index (κ1) is 25.8. The summed E-state index contributed by atoms with van der Waals surface area (Å²) >= 11 is 6.29. The van der Waals surface area contributed by atoms with Gasteiger partial charge in [0, 0.05) is 21.7 Å². The predicted molar refractivity (Wildman–Crippen MR) is 150 cm³/mol. The molecule has 0 radical (unpaired) electrons.